The van der Waals surface area contributed by atoms with Crippen molar-refractivity contribution < 1.29 is 13.9 Å². The molecule has 0 spiro atoms. The van der Waals surface area contributed by atoms with E-state index in [1.165, 1.54) is 5.56 Å². The van der Waals surface area contributed by atoms with E-state index in [2.05, 4.69) is 23.2 Å². The summed E-state index contributed by atoms with van der Waals surface area (Å²) in [5, 5.41) is 4.77. The van der Waals surface area contributed by atoms with Crippen LogP contribution in [0.5, 0.6) is 0 Å². The zero-order valence-electron chi connectivity index (χ0n) is 17.6. The molecule has 3 aromatic rings. The minimum atomic E-state index is -0.204. The van der Waals surface area contributed by atoms with E-state index in [0.717, 1.165) is 40.7 Å². The van der Waals surface area contributed by atoms with Gasteiger partial charge in [0.2, 0.25) is 0 Å². The molecule has 1 aromatic heterocycles. The number of furan rings is 1. The van der Waals surface area contributed by atoms with Crippen molar-refractivity contribution >= 4 is 28.5 Å². The van der Waals surface area contributed by atoms with E-state index in [1.807, 2.05) is 44.2 Å². The van der Waals surface area contributed by atoms with Crippen molar-refractivity contribution in [2.45, 2.75) is 26.8 Å². The number of nitrogens with zero attached hydrogens (tertiary/aromatic N) is 1. The zero-order chi connectivity index (χ0) is 21.3. The standard InChI is InChI=1S/C24H27ClN2O3/c1-15-12-19-17(3)23(30-22(19)13-16(15)2)24(28)26-14-21(27-8-10-29-11-9-27)18-6-4-5-7-20(18)25/h4-7,12-13,21H,8-11,14H2,1-3H3,(H,26,28)/t21-/m1/s1. The van der Waals surface area contributed by atoms with Crippen LogP contribution < -0.4 is 5.32 Å². The third-order valence-electron chi connectivity index (χ3n) is 5.97. The van der Waals surface area contributed by atoms with Crippen molar-refractivity contribution in [1.82, 2.24) is 10.2 Å². The number of aryl methyl sites for hydroxylation is 3. The molecule has 0 unspecified atom stereocenters. The number of hydrogen-bond acceptors (Lipinski definition) is 4. The van der Waals surface area contributed by atoms with Crippen LogP contribution >= 0.6 is 11.6 Å². The van der Waals surface area contributed by atoms with E-state index in [1.54, 1.807) is 0 Å². The molecule has 1 fully saturated rings. The predicted octanol–water partition coefficient (Wildman–Crippen LogP) is 4.81. The Morgan fingerprint density at radius 1 is 1.13 bits per heavy atom. The smallest absolute Gasteiger partial charge is 0.287 e. The molecular weight excluding hydrogens is 400 g/mol. The monoisotopic (exact) mass is 426 g/mol. The summed E-state index contributed by atoms with van der Waals surface area (Å²) in [5.74, 6) is 0.166. The number of ether oxygens (including phenoxy) is 1. The molecular formula is C24H27ClN2O3. The Balaban J connectivity index is 1.57. The van der Waals surface area contributed by atoms with Crippen molar-refractivity contribution in [3.05, 3.63) is 69.4 Å². The van der Waals surface area contributed by atoms with Crippen LogP contribution in [0.15, 0.2) is 40.8 Å². The first kappa shape index (κ1) is 20.9. The van der Waals surface area contributed by atoms with E-state index in [4.69, 9.17) is 20.8 Å². The van der Waals surface area contributed by atoms with Crippen LogP contribution in [0.25, 0.3) is 11.0 Å². The minimum absolute atomic E-state index is 0.0271. The Kier molecular flexibility index (Phi) is 6.14. The van der Waals surface area contributed by atoms with E-state index in [-0.39, 0.29) is 11.9 Å². The van der Waals surface area contributed by atoms with Crippen LogP contribution in [0, 0.1) is 20.8 Å². The van der Waals surface area contributed by atoms with Crippen molar-refractivity contribution in [3.8, 4) is 0 Å². The number of nitrogens with one attached hydrogen (secondary N) is 1. The molecule has 5 nitrogen and oxygen atoms in total. The lowest BCUT2D eigenvalue weighted by Gasteiger charge is -2.35. The maximum Gasteiger partial charge on any atom is 0.287 e. The molecule has 30 heavy (non-hydrogen) atoms. The molecule has 0 radical (unpaired) electrons. The molecule has 4 rings (SSSR count). The van der Waals surface area contributed by atoms with E-state index < -0.39 is 0 Å². The molecule has 2 heterocycles. The quantitative estimate of drug-likeness (QED) is 0.635. The van der Waals surface area contributed by atoms with Gasteiger partial charge in [-0.05, 0) is 55.7 Å². The van der Waals surface area contributed by atoms with Crippen LogP contribution in [0.4, 0.5) is 0 Å². The summed E-state index contributed by atoms with van der Waals surface area (Å²) in [6.07, 6.45) is 0. The first-order chi connectivity index (χ1) is 14.5. The van der Waals surface area contributed by atoms with Crippen molar-refractivity contribution in [2.24, 2.45) is 0 Å². The fourth-order valence-corrected chi connectivity index (χ4v) is 4.29. The summed E-state index contributed by atoms with van der Waals surface area (Å²) in [7, 11) is 0. The first-order valence-corrected chi connectivity index (χ1v) is 10.7. The lowest BCUT2D eigenvalue weighted by molar-refractivity contribution is 0.0162. The summed E-state index contributed by atoms with van der Waals surface area (Å²) < 4.78 is 11.4. The third-order valence-corrected chi connectivity index (χ3v) is 6.31. The molecule has 1 aliphatic heterocycles. The number of halogens is 1. The molecule has 1 N–H and O–H groups in total. The van der Waals surface area contributed by atoms with E-state index in [9.17, 15) is 4.79 Å². The number of carbonyl (C=O) groups is 1. The highest BCUT2D eigenvalue weighted by atomic mass is 35.5. The van der Waals surface area contributed by atoms with E-state index >= 15 is 0 Å². The Bertz CT molecular complexity index is 1070. The number of morpholine rings is 1. The second-order valence-corrected chi connectivity index (χ2v) is 8.29. The lowest BCUT2D eigenvalue weighted by Crippen LogP contribution is -2.44. The second-order valence-electron chi connectivity index (χ2n) is 7.88. The van der Waals surface area contributed by atoms with Crippen molar-refractivity contribution in [2.75, 3.05) is 32.8 Å². The Morgan fingerprint density at radius 3 is 2.57 bits per heavy atom. The van der Waals surface area contributed by atoms with Crippen molar-refractivity contribution in [1.29, 1.82) is 0 Å². The van der Waals surface area contributed by atoms with Gasteiger partial charge in [0.1, 0.15) is 5.58 Å². The molecule has 0 aliphatic carbocycles. The molecule has 6 heteroatoms. The maximum absolute atomic E-state index is 13.0. The minimum Gasteiger partial charge on any atom is -0.451 e. The summed E-state index contributed by atoms with van der Waals surface area (Å²) in [6.45, 7) is 9.44. The number of amides is 1. The van der Waals surface area contributed by atoms with E-state index in [0.29, 0.717) is 30.5 Å². The molecule has 158 valence electrons. The molecule has 0 saturated carbocycles. The number of carbonyl (C=O) groups excluding carboxylic acids is 1. The first-order valence-electron chi connectivity index (χ1n) is 10.3. The van der Waals surface area contributed by atoms with Crippen LogP contribution in [0.3, 0.4) is 0 Å². The topological polar surface area (TPSA) is 54.7 Å². The molecule has 1 saturated heterocycles. The lowest BCUT2D eigenvalue weighted by atomic mass is 10.0. The molecule has 0 bridgehead atoms. The predicted molar refractivity (Wildman–Crippen MR) is 119 cm³/mol. The highest BCUT2D eigenvalue weighted by molar-refractivity contribution is 6.31. The van der Waals surface area contributed by atoms with Gasteiger partial charge in [0.15, 0.2) is 5.76 Å². The number of fused-ring (bicyclic) bond motifs is 1. The molecule has 1 amide bonds. The number of hydrogen-bond donors (Lipinski definition) is 1. The Hall–Kier alpha value is -2.34. The van der Waals surface area contributed by atoms with Gasteiger partial charge in [-0.1, -0.05) is 29.8 Å². The summed E-state index contributed by atoms with van der Waals surface area (Å²) >= 11 is 6.49. The Labute approximate surface area is 181 Å². The van der Waals surface area contributed by atoms with Gasteiger partial charge in [-0.15, -0.1) is 0 Å². The summed E-state index contributed by atoms with van der Waals surface area (Å²) in [5.41, 5.74) is 4.95. The summed E-state index contributed by atoms with van der Waals surface area (Å²) in [6, 6.07) is 11.9. The van der Waals surface area contributed by atoms with Crippen molar-refractivity contribution in [3.63, 3.8) is 0 Å². The molecule has 1 atom stereocenters. The fourth-order valence-electron chi connectivity index (χ4n) is 4.03. The Morgan fingerprint density at radius 2 is 1.83 bits per heavy atom. The summed E-state index contributed by atoms with van der Waals surface area (Å²) in [4.78, 5) is 15.3. The molecule has 2 aromatic carbocycles. The van der Waals surface area contributed by atoms with Crippen LogP contribution in [-0.2, 0) is 4.74 Å². The van der Waals surface area contributed by atoms with Crippen LogP contribution in [0.1, 0.15) is 38.9 Å². The SMILES string of the molecule is Cc1cc2oc(C(=O)NC[C@H](c3ccccc3Cl)N3CCOCC3)c(C)c2cc1C. The fraction of sp³-hybridized carbons (Fsp3) is 0.375. The molecule has 1 aliphatic rings. The van der Waals surface area contributed by atoms with Crippen LogP contribution in [0.2, 0.25) is 5.02 Å². The second kappa shape index (κ2) is 8.80. The highest BCUT2D eigenvalue weighted by Gasteiger charge is 2.26. The largest absolute Gasteiger partial charge is 0.451 e. The highest BCUT2D eigenvalue weighted by Crippen LogP contribution is 2.30. The van der Waals surface area contributed by atoms with Gasteiger partial charge in [-0.3, -0.25) is 9.69 Å². The number of rotatable bonds is 5. The van der Waals surface area contributed by atoms with Gasteiger partial charge >= 0.3 is 0 Å². The normalized spacial score (nSPS) is 16.0. The zero-order valence-corrected chi connectivity index (χ0v) is 18.4. The third kappa shape index (κ3) is 4.10. The average Bonchev–Trinajstić information content (AvgIpc) is 3.06. The average molecular weight is 427 g/mol. The van der Waals surface area contributed by atoms with Crippen LogP contribution in [-0.4, -0.2) is 43.7 Å². The van der Waals surface area contributed by atoms with Gasteiger partial charge in [0, 0.05) is 35.6 Å². The van der Waals surface area contributed by atoms with Gasteiger partial charge in [0.05, 0.1) is 19.3 Å². The van der Waals surface area contributed by atoms with Gasteiger partial charge in [-0.25, -0.2) is 0 Å². The number of benzene rings is 2. The maximum atomic E-state index is 13.0. The van der Waals surface area contributed by atoms with Gasteiger partial charge < -0.3 is 14.5 Å². The van der Waals surface area contributed by atoms with Gasteiger partial charge in [0.25, 0.3) is 5.91 Å². The van der Waals surface area contributed by atoms with Gasteiger partial charge in [-0.2, -0.15) is 0 Å².